The number of carbonyl (C=O) groups is 2. The van der Waals surface area contributed by atoms with Crippen molar-refractivity contribution >= 4 is 17.5 Å². The second-order valence-corrected chi connectivity index (χ2v) is 4.43. The molecule has 0 aliphatic rings. The summed E-state index contributed by atoms with van der Waals surface area (Å²) in [5, 5.41) is 5.74. The van der Waals surface area contributed by atoms with Gasteiger partial charge in [0.05, 0.1) is 0 Å². The van der Waals surface area contributed by atoms with Crippen molar-refractivity contribution in [2.45, 2.75) is 6.54 Å². The molecule has 0 fully saturated rings. The van der Waals surface area contributed by atoms with E-state index in [0.717, 1.165) is 11.3 Å². The summed E-state index contributed by atoms with van der Waals surface area (Å²) >= 11 is 0. The molecule has 0 saturated heterocycles. The van der Waals surface area contributed by atoms with Crippen LogP contribution in [0.4, 0.5) is 5.69 Å². The number of amides is 2. The number of pyridine rings is 1. The van der Waals surface area contributed by atoms with Gasteiger partial charge in [-0.15, -0.1) is 0 Å². The molecule has 0 aliphatic carbocycles. The molecule has 0 bridgehead atoms. The zero-order valence-corrected chi connectivity index (χ0v) is 11.6. The van der Waals surface area contributed by atoms with Gasteiger partial charge in [0.15, 0.2) is 0 Å². The third-order valence-electron chi connectivity index (χ3n) is 2.93. The minimum Gasteiger partial charge on any atom is -0.381 e. The molecule has 4 N–H and O–H groups in total. The third kappa shape index (κ3) is 3.79. The number of hydrogen-bond donors (Lipinski definition) is 3. The summed E-state index contributed by atoms with van der Waals surface area (Å²) in [4.78, 5) is 26.5. The molecule has 0 aliphatic heterocycles. The first-order valence-corrected chi connectivity index (χ1v) is 6.41. The Labute approximate surface area is 122 Å². The number of nitrogens with zero attached hydrogens (tertiary/aromatic N) is 1. The molecule has 2 amide bonds. The first-order valence-electron chi connectivity index (χ1n) is 6.41. The van der Waals surface area contributed by atoms with Crippen LogP contribution >= 0.6 is 0 Å². The number of aromatic nitrogens is 1. The molecule has 6 nitrogen and oxygen atoms in total. The molecule has 1 heterocycles. The molecule has 1 aromatic carbocycles. The van der Waals surface area contributed by atoms with E-state index in [4.69, 9.17) is 5.73 Å². The predicted octanol–water partition coefficient (Wildman–Crippen LogP) is 1.15. The van der Waals surface area contributed by atoms with Crippen LogP contribution in [0.3, 0.4) is 0 Å². The zero-order valence-electron chi connectivity index (χ0n) is 11.6. The average molecular weight is 284 g/mol. The summed E-state index contributed by atoms with van der Waals surface area (Å²) in [6.07, 6.45) is 1.52. The number of carbonyl (C=O) groups excluding carboxylic acids is 2. The molecule has 2 aromatic rings. The van der Waals surface area contributed by atoms with Gasteiger partial charge in [0, 0.05) is 31.0 Å². The Balaban J connectivity index is 2.08. The van der Waals surface area contributed by atoms with E-state index in [1.165, 1.54) is 6.20 Å². The molecule has 2 rings (SSSR count). The Morgan fingerprint density at radius 2 is 2.05 bits per heavy atom. The average Bonchev–Trinajstić information content (AvgIpc) is 2.52. The molecular formula is C15H16N4O2. The van der Waals surface area contributed by atoms with Gasteiger partial charge >= 0.3 is 0 Å². The number of benzene rings is 1. The number of hydrogen-bond acceptors (Lipinski definition) is 4. The van der Waals surface area contributed by atoms with E-state index in [0.29, 0.717) is 12.1 Å². The van der Waals surface area contributed by atoms with E-state index < -0.39 is 5.91 Å². The lowest BCUT2D eigenvalue weighted by Crippen LogP contribution is -2.18. The van der Waals surface area contributed by atoms with Crippen molar-refractivity contribution in [3.05, 3.63) is 59.4 Å². The molecule has 0 saturated carbocycles. The Bertz CT molecular complexity index is 670. The van der Waals surface area contributed by atoms with Crippen LogP contribution in [-0.4, -0.2) is 23.8 Å². The van der Waals surface area contributed by atoms with E-state index in [1.54, 1.807) is 25.2 Å². The number of rotatable bonds is 5. The van der Waals surface area contributed by atoms with Gasteiger partial charge in [-0.1, -0.05) is 12.1 Å². The summed E-state index contributed by atoms with van der Waals surface area (Å²) in [6, 6.07) is 10.6. The molecule has 6 heteroatoms. The van der Waals surface area contributed by atoms with Gasteiger partial charge in [0.2, 0.25) is 0 Å². The molecule has 0 radical (unpaired) electrons. The van der Waals surface area contributed by atoms with Crippen molar-refractivity contribution in [3.8, 4) is 0 Å². The lowest BCUT2D eigenvalue weighted by Gasteiger charge is -2.08. The van der Waals surface area contributed by atoms with Crippen molar-refractivity contribution in [1.82, 2.24) is 10.3 Å². The van der Waals surface area contributed by atoms with Crippen LogP contribution in [0.5, 0.6) is 0 Å². The fourth-order valence-corrected chi connectivity index (χ4v) is 1.85. The van der Waals surface area contributed by atoms with Crippen molar-refractivity contribution < 1.29 is 9.59 Å². The van der Waals surface area contributed by atoms with Crippen LogP contribution in [0.15, 0.2) is 42.6 Å². The predicted molar refractivity (Wildman–Crippen MR) is 79.9 cm³/mol. The highest BCUT2D eigenvalue weighted by Gasteiger charge is 2.05. The van der Waals surface area contributed by atoms with Crippen molar-refractivity contribution in [1.29, 1.82) is 0 Å². The van der Waals surface area contributed by atoms with Gasteiger partial charge in [-0.25, -0.2) is 0 Å². The Morgan fingerprint density at radius 3 is 2.76 bits per heavy atom. The van der Waals surface area contributed by atoms with Gasteiger partial charge in [-0.05, 0) is 29.8 Å². The molecule has 0 atom stereocenters. The number of nitrogens with two attached hydrogens (primary N) is 1. The van der Waals surface area contributed by atoms with Crippen LogP contribution in [-0.2, 0) is 6.54 Å². The minimum atomic E-state index is -0.569. The van der Waals surface area contributed by atoms with Gasteiger partial charge in [-0.2, -0.15) is 0 Å². The first-order chi connectivity index (χ1) is 10.1. The fraction of sp³-hybridized carbons (Fsp3) is 0.133. The van der Waals surface area contributed by atoms with Gasteiger partial charge in [-0.3, -0.25) is 14.6 Å². The largest absolute Gasteiger partial charge is 0.381 e. The van der Waals surface area contributed by atoms with Crippen molar-refractivity contribution in [2.75, 3.05) is 12.4 Å². The van der Waals surface area contributed by atoms with Gasteiger partial charge in [0.25, 0.3) is 11.8 Å². The molecule has 21 heavy (non-hydrogen) atoms. The van der Waals surface area contributed by atoms with E-state index in [2.05, 4.69) is 15.6 Å². The normalized spacial score (nSPS) is 9.95. The number of nitrogens with one attached hydrogen (secondary N) is 2. The summed E-state index contributed by atoms with van der Waals surface area (Å²) in [6.45, 7) is 0.521. The van der Waals surface area contributed by atoms with Crippen molar-refractivity contribution in [3.63, 3.8) is 0 Å². The second-order valence-electron chi connectivity index (χ2n) is 4.43. The molecule has 1 aromatic heterocycles. The SMILES string of the molecule is CNC(=O)c1cccc(CNc2ccnc(C(N)=O)c2)c1. The Hall–Kier alpha value is -2.89. The molecular weight excluding hydrogens is 268 g/mol. The van der Waals surface area contributed by atoms with Crippen LogP contribution in [0, 0.1) is 0 Å². The second kappa shape index (κ2) is 6.51. The minimum absolute atomic E-state index is 0.128. The summed E-state index contributed by atoms with van der Waals surface area (Å²) in [5.74, 6) is -0.697. The van der Waals surface area contributed by atoms with Crippen molar-refractivity contribution in [2.24, 2.45) is 5.73 Å². The Morgan fingerprint density at radius 1 is 1.24 bits per heavy atom. The van der Waals surface area contributed by atoms with E-state index in [9.17, 15) is 9.59 Å². The maximum Gasteiger partial charge on any atom is 0.267 e. The van der Waals surface area contributed by atoms with Gasteiger partial charge in [0.1, 0.15) is 5.69 Å². The molecule has 108 valence electrons. The highest BCUT2D eigenvalue weighted by atomic mass is 16.2. The van der Waals surface area contributed by atoms with Crippen LogP contribution in [0.2, 0.25) is 0 Å². The van der Waals surface area contributed by atoms with Crippen LogP contribution < -0.4 is 16.4 Å². The maximum atomic E-state index is 11.6. The number of anilines is 1. The van der Waals surface area contributed by atoms with E-state index >= 15 is 0 Å². The topological polar surface area (TPSA) is 97.1 Å². The summed E-state index contributed by atoms with van der Waals surface area (Å²) in [7, 11) is 1.59. The van der Waals surface area contributed by atoms with Gasteiger partial charge < -0.3 is 16.4 Å². The Kier molecular flexibility index (Phi) is 4.50. The quantitative estimate of drug-likeness (QED) is 0.767. The number of primary amides is 1. The highest BCUT2D eigenvalue weighted by molar-refractivity contribution is 5.94. The lowest BCUT2D eigenvalue weighted by atomic mass is 10.1. The maximum absolute atomic E-state index is 11.6. The summed E-state index contributed by atoms with van der Waals surface area (Å²) < 4.78 is 0. The fourth-order valence-electron chi connectivity index (χ4n) is 1.85. The van der Waals surface area contributed by atoms with Crippen LogP contribution in [0.25, 0.3) is 0 Å². The lowest BCUT2D eigenvalue weighted by molar-refractivity contribution is 0.0961. The first kappa shape index (κ1) is 14.5. The highest BCUT2D eigenvalue weighted by Crippen LogP contribution is 2.11. The third-order valence-corrected chi connectivity index (χ3v) is 2.93. The zero-order chi connectivity index (χ0) is 15.2. The monoisotopic (exact) mass is 284 g/mol. The van der Waals surface area contributed by atoms with E-state index in [-0.39, 0.29) is 11.6 Å². The molecule has 0 spiro atoms. The van der Waals surface area contributed by atoms with E-state index in [1.807, 2.05) is 18.2 Å². The standard InChI is InChI=1S/C15H16N4O2/c1-17-15(21)11-4-2-3-10(7-11)9-19-12-5-6-18-13(8-12)14(16)20/h2-8H,9H2,1H3,(H2,16,20)(H,17,21)(H,18,19). The summed E-state index contributed by atoms with van der Waals surface area (Å²) in [5.41, 5.74) is 7.69. The molecule has 0 unspecified atom stereocenters. The van der Waals surface area contributed by atoms with Crippen LogP contribution in [0.1, 0.15) is 26.4 Å². The smallest absolute Gasteiger partial charge is 0.267 e.